The molecular weight excluding hydrogens is 476 g/mol. The molecule has 1 saturated heterocycles. The first-order chi connectivity index (χ1) is 18.3. The van der Waals surface area contributed by atoms with Gasteiger partial charge in [0.2, 0.25) is 11.8 Å². The van der Waals surface area contributed by atoms with Crippen molar-refractivity contribution in [2.45, 2.75) is 27.2 Å². The Kier molecular flexibility index (Phi) is 7.04. The summed E-state index contributed by atoms with van der Waals surface area (Å²) in [5, 5.41) is 9.55. The van der Waals surface area contributed by atoms with Crippen LogP contribution in [0.25, 0.3) is 0 Å². The van der Waals surface area contributed by atoms with Gasteiger partial charge < -0.3 is 20.9 Å². The van der Waals surface area contributed by atoms with Crippen molar-refractivity contribution in [3.8, 4) is 0 Å². The van der Waals surface area contributed by atoms with Crippen molar-refractivity contribution in [1.29, 1.82) is 0 Å². The molecule has 0 aliphatic carbocycles. The van der Waals surface area contributed by atoms with Gasteiger partial charge in [-0.3, -0.25) is 9.59 Å². The van der Waals surface area contributed by atoms with E-state index in [4.69, 9.17) is 0 Å². The maximum Gasteiger partial charge on any atom is 0.229 e. The quantitative estimate of drug-likeness (QED) is 0.289. The number of nitrogens with one attached hydrogen (secondary N) is 3. The number of nitrogens with zero attached hydrogens (tertiary/aromatic N) is 3. The predicted octanol–water partition coefficient (Wildman–Crippen LogP) is 5.88. The molecule has 1 aliphatic rings. The number of anilines is 6. The van der Waals surface area contributed by atoms with Gasteiger partial charge in [-0.2, -0.15) is 0 Å². The first kappa shape index (κ1) is 25.0. The third-order valence-corrected chi connectivity index (χ3v) is 6.43. The molecule has 1 aromatic heterocycles. The highest BCUT2D eigenvalue weighted by Crippen LogP contribution is 2.27. The Labute approximate surface area is 222 Å². The van der Waals surface area contributed by atoms with Crippen LogP contribution in [0.1, 0.15) is 23.4 Å². The van der Waals surface area contributed by atoms with Crippen LogP contribution >= 0.6 is 0 Å². The number of aryl methyl sites for hydroxylation is 3. The fraction of sp³-hybridized carbons (Fsp3) is 0.200. The van der Waals surface area contributed by atoms with E-state index in [1.54, 1.807) is 4.90 Å². The SMILES string of the molecule is Cc1ccc(Nc2cc(Nc3ccc(NC(=O)C4CC(=O)N(c5ccc(C)cc5)C4)cc3)nc(C)n2)cc1. The molecule has 1 fully saturated rings. The Morgan fingerprint density at radius 3 is 1.84 bits per heavy atom. The zero-order chi connectivity index (χ0) is 26.6. The topological polar surface area (TPSA) is 99.2 Å². The number of hydrogen-bond donors (Lipinski definition) is 3. The van der Waals surface area contributed by atoms with Crippen LogP contribution in [-0.2, 0) is 9.59 Å². The lowest BCUT2D eigenvalue weighted by molar-refractivity contribution is -0.122. The standard InChI is InChI=1S/C30H30N6O2/c1-19-4-8-23(9-5-19)33-27-17-28(32-21(3)31-27)34-24-10-12-25(13-11-24)35-30(38)22-16-29(37)36(18-22)26-14-6-20(2)7-15-26/h4-15,17,22H,16,18H2,1-3H3,(H,35,38)(H2,31,32,33,34). The first-order valence-corrected chi connectivity index (χ1v) is 12.6. The van der Waals surface area contributed by atoms with Gasteiger partial charge in [0.05, 0.1) is 5.92 Å². The van der Waals surface area contributed by atoms with Crippen LogP contribution in [0.4, 0.5) is 34.4 Å². The van der Waals surface area contributed by atoms with Gasteiger partial charge in [0.1, 0.15) is 17.5 Å². The summed E-state index contributed by atoms with van der Waals surface area (Å²) in [5.41, 5.74) is 5.58. The zero-order valence-corrected chi connectivity index (χ0v) is 21.7. The molecule has 3 N–H and O–H groups in total. The Bertz CT molecular complexity index is 1450. The lowest BCUT2D eigenvalue weighted by Crippen LogP contribution is -2.28. The molecule has 192 valence electrons. The van der Waals surface area contributed by atoms with E-state index in [-0.39, 0.29) is 18.2 Å². The van der Waals surface area contributed by atoms with E-state index >= 15 is 0 Å². The van der Waals surface area contributed by atoms with Gasteiger partial charge in [0.25, 0.3) is 0 Å². The van der Waals surface area contributed by atoms with Crippen LogP contribution in [-0.4, -0.2) is 28.3 Å². The molecule has 38 heavy (non-hydrogen) atoms. The molecule has 1 atom stereocenters. The van der Waals surface area contributed by atoms with Crippen LogP contribution in [0.15, 0.2) is 78.9 Å². The maximum atomic E-state index is 12.9. The lowest BCUT2D eigenvalue weighted by Gasteiger charge is -2.17. The van der Waals surface area contributed by atoms with Crippen LogP contribution in [0.2, 0.25) is 0 Å². The highest BCUT2D eigenvalue weighted by atomic mass is 16.2. The average molecular weight is 507 g/mol. The first-order valence-electron chi connectivity index (χ1n) is 12.6. The van der Waals surface area contributed by atoms with Gasteiger partial charge in [-0.25, -0.2) is 9.97 Å². The molecule has 0 bridgehead atoms. The number of rotatable bonds is 7. The summed E-state index contributed by atoms with van der Waals surface area (Å²) in [5.74, 6) is 1.39. The van der Waals surface area contributed by atoms with Gasteiger partial charge in [-0.15, -0.1) is 0 Å². The molecule has 2 amide bonds. The molecule has 2 heterocycles. The second kappa shape index (κ2) is 10.7. The zero-order valence-electron chi connectivity index (χ0n) is 21.7. The number of carbonyl (C=O) groups excluding carboxylic acids is 2. The summed E-state index contributed by atoms with van der Waals surface area (Å²) < 4.78 is 0. The third kappa shape index (κ3) is 5.98. The van der Waals surface area contributed by atoms with Gasteiger partial charge in [0.15, 0.2) is 0 Å². The minimum atomic E-state index is -0.398. The van der Waals surface area contributed by atoms with Crippen molar-refractivity contribution in [3.63, 3.8) is 0 Å². The minimum Gasteiger partial charge on any atom is -0.340 e. The Balaban J connectivity index is 1.20. The number of aromatic nitrogens is 2. The predicted molar refractivity (Wildman–Crippen MR) is 151 cm³/mol. The van der Waals surface area contributed by atoms with Crippen molar-refractivity contribution >= 4 is 46.2 Å². The largest absolute Gasteiger partial charge is 0.340 e. The van der Waals surface area contributed by atoms with Crippen LogP contribution in [0.5, 0.6) is 0 Å². The molecule has 0 saturated carbocycles. The Morgan fingerprint density at radius 1 is 0.763 bits per heavy atom. The lowest BCUT2D eigenvalue weighted by atomic mass is 10.1. The molecule has 3 aromatic carbocycles. The summed E-state index contributed by atoms with van der Waals surface area (Å²) in [4.78, 5) is 36.1. The second-order valence-corrected chi connectivity index (χ2v) is 9.61. The number of benzene rings is 3. The molecule has 8 heteroatoms. The summed E-state index contributed by atoms with van der Waals surface area (Å²) >= 11 is 0. The van der Waals surface area contributed by atoms with Crippen molar-refractivity contribution < 1.29 is 9.59 Å². The van der Waals surface area contributed by atoms with Crippen LogP contribution in [0, 0.1) is 26.7 Å². The maximum absolute atomic E-state index is 12.9. The number of hydrogen-bond acceptors (Lipinski definition) is 6. The summed E-state index contributed by atoms with van der Waals surface area (Å²) in [6.45, 7) is 6.27. The van der Waals surface area contributed by atoms with Crippen molar-refractivity contribution in [2.75, 3.05) is 27.4 Å². The third-order valence-electron chi connectivity index (χ3n) is 6.43. The second-order valence-electron chi connectivity index (χ2n) is 9.61. The van der Waals surface area contributed by atoms with Gasteiger partial charge >= 0.3 is 0 Å². The fourth-order valence-electron chi connectivity index (χ4n) is 4.37. The highest BCUT2D eigenvalue weighted by Gasteiger charge is 2.35. The van der Waals surface area contributed by atoms with E-state index in [0.717, 1.165) is 22.6 Å². The van der Waals surface area contributed by atoms with E-state index in [2.05, 4.69) is 25.9 Å². The highest BCUT2D eigenvalue weighted by molar-refractivity contribution is 6.03. The molecule has 8 nitrogen and oxygen atoms in total. The molecule has 0 spiro atoms. The van der Waals surface area contributed by atoms with Gasteiger partial charge in [-0.05, 0) is 69.3 Å². The summed E-state index contributed by atoms with van der Waals surface area (Å²) in [6, 6.07) is 25.1. The molecular formula is C30H30N6O2. The van der Waals surface area contributed by atoms with Crippen molar-refractivity contribution in [1.82, 2.24) is 9.97 Å². The smallest absolute Gasteiger partial charge is 0.229 e. The molecule has 4 aromatic rings. The normalized spacial score (nSPS) is 14.9. The molecule has 1 unspecified atom stereocenters. The Hall–Kier alpha value is -4.72. The minimum absolute atomic E-state index is 0.0371. The summed E-state index contributed by atoms with van der Waals surface area (Å²) in [7, 11) is 0. The Morgan fingerprint density at radius 2 is 1.26 bits per heavy atom. The van der Waals surface area contributed by atoms with Crippen molar-refractivity contribution in [2.24, 2.45) is 5.92 Å². The van der Waals surface area contributed by atoms with Crippen molar-refractivity contribution in [3.05, 3.63) is 95.8 Å². The molecule has 1 aliphatic heterocycles. The average Bonchev–Trinajstić information content (AvgIpc) is 3.28. The van der Waals surface area contributed by atoms with E-state index < -0.39 is 5.92 Å². The van der Waals surface area contributed by atoms with E-state index in [1.165, 1.54) is 5.56 Å². The van der Waals surface area contributed by atoms with E-state index in [9.17, 15) is 9.59 Å². The van der Waals surface area contributed by atoms with Crippen LogP contribution < -0.4 is 20.9 Å². The van der Waals surface area contributed by atoms with Gasteiger partial charge in [0, 0.05) is 41.8 Å². The number of amides is 2. The number of carbonyl (C=O) groups is 2. The molecule has 5 rings (SSSR count). The monoisotopic (exact) mass is 506 g/mol. The summed E-state index contributed by atoms with van der Waals surface area (Å²) in [6.07, 6.45) is 0.200. The molecule has 0 radical (unpaired) electrons. The van der Waals surface area contributed by atoms with Crippen LogP contribution in [0.3, 0.4) is 0 Å². The van der Waals surface area contributed by atoms with Gasteiger partial charge in [-0.1, -0.05) is 35.4 Å². The fourth-order valence-corrected chi connectivity index (χ4v) is 4.37. The van der Waals surface area contributed by atoms with E-state index in [1.807, 2.05) is 99.6 Å². The van der Waals surface area contributed by atoms with E-state index in [0.29, 0.717) is 29.7 Å².